The van der Waals surface area contributed by atoms with Gasteiger partial charge in [0.05, 0.1) is 13.2 Å². The van der Waals surface area contributed by atoms with Crippen molar-refractivity contribution in [1.82, 2.24) is 0 Å². The summed E-state index contributed by atoms with van der Waals surface area (Å²) in [6.07, 6.45) is 18.4. The first-order valence-electron chi connectivity index (χ1n) is 15.8. The molecule has 2 fully saturated rings. The third kappa shape index (κ3) is 8.58. The second-order valence-corrected chi connectivity index (χ2v) is 12.7. The van der Waals surface area contributed by atoms with Gasteiger partial charge in [0, 0.05) is 20.2 Å². The molecule has 3 heterocycles. The van der Waals surface area contributed by atoms with E-state index < -0.39 is 0 Å². The molecule has 4 nitrogen and oxygen atoms in total. The van der Waals surface area contributed by atoms with Crippen LogP contribution in [-0.2, 0) is 22.3 Å². The zero-order valence-electron chi connectivity index (χ0n) is 24.2. The molecule has 5 rings (SSSR count). The van der Waals surface area contributed by atoms with E-state index in [9.17, 15) is 0 Å². The normalized spacial score (nSPS) is 18.2. The van der Waals surface area contributed by atoms with Crippen LogP contribution in [0.1, 0.15) is 102 Å². The van der Waals surface area contributed by atoms with Crippen molar-refractivity contribution in [2.45, 2.75) is 116 Å². The van der Waals surface area contributed by atoms with Gasteiger partial charge in [-0.1, -0.05) is 78.1 Å². The van der Waals surface area contributed by atoms with Crippen molar-refractivity contribution in [2.75, 3.05) is 26.4 Å². The average Bonchev–Trinajstić information content (AvgIpc) is 3.88. The second kappa shape index (κ2) is 14.7. The van der Waals surface area contributed by atoms with Gasteiger partial charge >= 0.3 is 0 Å². The predicted octanol–water partition coefficient (Wildman–Crippen LogP) is 9.42. The van der Waals surface area contributed by atoms with Crippen molar-refractivity contribution in [2.24, 2.45) is 0 Å². The van der Waals surface area contributed by atoms with Crippen LogP contribution in [0, 0.1) is 0 Å². The fourth-order valence-electron chi connectivity index (χ4n) is 5.46. The lowest BCUT2D eigenvalue weighted by molar-refractivity contribution is 0.261. The lowest BCUT2D eigenvalue weighted by Crippen LogP contribution is -2.06. The van der Waals surface area contributed by atoms with E-state index >= 15 is 0 Å². The van der Waals surface area contributed by atoms with Crippen molar-refractivity contribution in [3.05, 3.63) is 35.4 Å². The molecule has 0 N–H and O–H groups in total. The summed E-state index contributed by atoms with van der Waals surface area (Å²) in [5.74, 6) is 2.08. The molecule has 2 aliphatic heterocycles. The minimum atomic E-state index is 0.260. The van der Waals surface area contributed by atoms with Gasteiger partial charge < -0.3 is 18.9 Å². The van der Waals surface area contributed by atoms with Crippen molar-refractivity contribution < 1.29 is 18.9 Å². The zero-order chi connectivity index (χ0) is 26.9. The van der Waals surface area contributed by atoms with Crippen LogP contribution in [0.2, 0.25) is 0 Å². The molecule has 3 aromatic rings. The maximum atomic E-state index is 6.35. The largest absolute Gasteiger partial charge is 0.490 e. The summed E-state index contributed by atoms with van der Waals surface area (Å²) in [4.78, 5) is 0. The maximum absolute atomic E-state index is 6.35. The minimum Gasteiger partial charge on any atom is -0.490 e. The fraction of sp³-hybridized carbons (Fsp3) is 0.647. The Morgan fingerprint density at radius 2 is 1.03 bits per heavy atom. The number of aryl methyl sites for hydroxylation is 2. The van der Waals surface area contributed by atoms with Gasteiger partial charge in [-0.15, -0.1) is 11.3 Å². The lowest BCUT2D eigenvalue weighted by atomic mass is 10.0. The number of benzene rings is 2. The summed E-state index contributed by atoms with van der Waals surface area (Å²) in [7, 11) is 0. The standard InChI is InChI=1S/C34H48O4S/c1-3-5-7-9-11-13-15-25-17-33-29(19-31(25)37-23-27-21-35-27)30-20-32(38-24-28-22-36-28)26(18-34(30)39-33)16-14-12-10-8-6-4-2/h17-20,27-28H,3-16,21-24H2,1-2H3. The van der Waals surface area contributed by atoms with Crippen LogP contribution >= 0.6 is 11.3 Å². The molecule has 0 bridgehead atoms. The van der Waals surface area contributed by atoms with Crippen LogP contribution in [0.4, 0.5) is 0 Å². The molecule has 2 aromatic carbocycles. The smallest absolute Gasteiger partial charge is 0.123 e. The average molecular weight is 553 g/mol. The minimum absolute atomic E-state index is 0.260. The van der Waals surface area contributed by atoms with E-state index in [0.29, 0.717) is 13.2 Å². The first kappa shape index (κ1) is 28.7. The highest BCUT2D eigenvalue weighted by atomic mass is 32.1. The highest BCUT2D eigenvalue weighted by molar-refractivity contribution is 7.25. The Bertz CT molecular complexity index is 1090. The van der Waals surface area contributed by atoms with E-state index in [-0.39, 0.29) is 12.2 Å². The first-order chi connectivity index (χ1) is 19.2. The number of thiophene rings is 1. The Labute approximate surface area is 239 Å². The molecule has 2 saturated heterocycles. The molecule has 0 amide bonds. The topological polar surface area (TPSA) is 43.5 Å². The lowest BCUT2D eigenvalue weighted by Gasteiger charge is -2.13. The molecule has 5 heteroatoms. The quantitative estimate of drug-likeness (QED) is 0.103. The molecule has 2 aliphatic rings. The molecule has 0 saturated carbocycles. The first-order valence-corrected chi connectivity index (χ1v) is 16.6. The molecule has 39 heavy (non-hydrogen) atoms. The van der Waals surface area contributed by atoms with E-state index in [1.54, 1.807) is 0 Å². The third-order valence-electron chi connectivity index (χ3n) is 8.09. The Morgan fingerprint density at radius 1 is 0.615 bits per heavy atom. The summed E-state index contributed by atoms with van der Waals surface area (Å²) in [5.41, 5.74) is 2.69. The van der Waals surface area contributed by atoms with Crippen LogP contribution in [0.15, 0.2) is 24.3 Å². The van der Waals surface area contributed by atoms with Gasteiger partial charge in [-0.3, -0.25) is 0 Å². The Hall–Kier alpha value is -1.82. The number of fused-ring (bicyclic) bond motifs is 3. The third-order valence-corrected chi connectivity index (χ3v) is 9.20. The van der Waals surface area contributed by atoms with Crippen LogP contribution in [-0.4, -0.2) is 38.6 Å². The Morgan fingerprint density at radius 3 is 1.44 bits per heavy atom. The van der Waals surface area contributed by atoms with Gasteiger partial charge in [0.1, 0.15) is 36.9 Å². The molecular weight excluding hydrogens is 504 g/mol. The van der Waals surface area contributed by atoms with Crippen molar-refractivity contribution in [3.63, 3.8) is 0 Å². The molecular formula is C34H48O4S. The zero-order valence-corrected chi connectivity index (χ0v) is 25.0. The van der Waals surface area contributed by atoms with Crippen molar-refractivity contribution in [3.8, 4) is 11.5 Å². The van der Waals surface area contributed by atoms with Crippen LogP contribution in [0.3, 0.4) is 0 Å². The molecule has 0 radical (unpaired) electrons. The van der Waals surface area contributed by atoms with Crippen molar-refractivity contribution >= 4 is 31.5 Å². The maximum Gasteiger partial charge on any atom is 0.123 e. The van der Waals surface area contributed by atoms with Gasteiger partial charge in [-0.2, -0.15) is 0 Å². The monoisotopic (exact) mass is 552 g/mol. The van der Waals surface area contributed by atoms with Crippen molar-refractivity contribution in [1.29, 1.82) is 0 Å². The number of hydrogen-bond donors (Lipinski definition) is 0. The molecule has 1 aromatic heterocycles. The van der Waals surface area contributed by atoms with E-state index in [2.05, 4.69) is 38.1 Å². The summed E-state index contributed by atoms with van der Waals surface area (Å²) >= 11 is 1.92. The molecule has 214 valence electrons. The molecule has 2 atom stereocenters. The second-order valence-electron chi connectivity index (χ2n) is 11.6. The molecule has 2 unspecified atom stereocenters. The van der Waals surface area contributed by atoms with Gasteiger partial charge in [-0.25, -0.2) is 0 Å². The van der Waals surface area contributed by atoms with Gasteiger partial charge in [-0.05, 0) is 61.1 Å². The number of rotatable bonds is 20. The van der Waals surface area contributed by atoms with Gasteiger partial charge in [0.15, 0.2) is 0 Å². The highest BCUT2D eigenvalue weighted by Gasteiger charge is 2.25. The Balaban J connectivity index is 1.36. The van der Waals surface area contributed by atoms with Crippen LogP contribution in [0.25, 0.3) is 20.2 Å². The summed E-state index contributed by atoms with van der Waals surface area (Å²) < 4.78 is 26.3. The molecule has 0 aliphatic carbocycles. The summed E-state index contributed by atoms with van der Waals surface area (Å²) in [6.45, 7) is 7.50. The van der Waals surface area contributed by atoms with E-state index in [1.165, 1.54) is 108 Å². The number of epoxide rings is 2. The number of hydrogen-bond acceptors (Lipinski definition) is 5. The van der Waals surface area contributed by atoms with Crippen LogP contribution in [0.5, 0.6) is 11.5 Å². The Kier molecular flexibility index (Phi) is 10.8. The predicted molar refractivity (Wildman–Crippen MR) is 164 cm³/mol. The highest BCUT2D eigenvalue weighted by Crippen LogP contribution is 2.41. The van der Waals surface area contributed by atoms with Crippen LogP contribution < -0.4 is 9.47 Å². The summed E-state index contributed by atoms with van der Waals surface area (Å²) in [6, 6.07) is 9.40. The SMILES string of the molecule is CCCCCCCCc1cc2sc3cc(CCCCCCCC)c(OCC4CO4)cc3c2cc1OCC1CO1. The fourth-order valence-corrected chi connectivity index (χ4v) is 6.65. The van der Waals surface area contributed by atoms with E-state index in [1.807, 2.05) is 11.3 Å². The molecule has 0 spiro atoms. The van der Waals surface area contributed by atoms with E-state index in [4.69, 9.17) is 18.9 Å². The van der Waals surface area contributed by atoms with Gasteiger partial charge in [0.25, 0.3) is 0 Å². The number of ether oxygens (including phenoxy) is 4. The van der Waals surface area contributed by atoms with Gasteiger partial charge in [0.2, 0.25) is 0 Å². The van der Waals surface area contributed by atoms with E-state index in [0.717, 1.165) is 37.6 Å². The summed E-state index contributed by atoms with van der Waals surface area (Å²) in [5, 5.41) is 2.57. The number of unbranched alkanes of at least 4 members (excludes halogenated alkanes) is 10.